The van der Waals surface area contributed by atoms with Crippen molar-refractivity contribution in [2.75, 3.05) is 19.1 Å². The van der Waals surface area contributed by atoms with E-state index < -0.39 is 11.9 Å². The van der Waals surface area contributed by atoms with E-state index in [2.05, 4.69) is 4.99 Å². The van der Waals surface area contributed by atoms with Gasteiger partial charge in [-0.1, -0.05) is 53.8 Å². The normalized spacial score (nSPS) is 11.5. The van der Waals surface area contributed by atoms with Crippen molar-refractivity contribution in [1.82, 2.24) is 4.57 Å². The lowest BCUT2D eigenvalue weighted by atomic mass is 10.0. The van der Waals surface area contributed by atoms with Crippen molar-refractivity contribution >= 4 is 51.0 Å². The van der Waals surface area contributed by atoms with Crippen molar-refractivity contribution in [2.24, 2.45) is 4.99 Å². The minimum Gasteiger partial charge on any atom is -0.465 e. The highest BCUT2D eigenvalue weighted by molar-refractivity contribution is 7.98. The fourth-order valence-corrected chi connectivity index (χ4v) is 4.93. The highest BCUT2D eigenvalue weighted by Gasteiger charge is 2.14. The number of aromatic nitrogens is 1. The molecule has 1 amide bonds. The van der Waals surface area contributed by atoms with Gasteiger partial charge in [-0.2, -0.15) is 16.8 Å². The number of benzene rings is 3. The second kappa shape index (κ2) is 10.6. The van der Waals surface area contributed by atoms with Crippen molar-refractivity contribution in [1.29, 1.82) is 0 Å². The number of ketones is 1. The van der Waals surface area contributed by atoms with Crippen LogP contribution in [-0.2, 0) is 11.3 Å². The number of fused-ring (bicyclic) bond motifs is 1. The van der Waals surface area contributed by atoms with Crippen molar-refractivity contribution in [2.45, 2.75) is 6.54 Å². The Balaban J connectivity index is 1.67. The zero-order valence-electron chi connectivity index (χ0n) is 18.7. The van der Waals surface area contributed by atoms with E-state index in [9.17, 15) is 14.4 Å². The molecule has 0 spiro atoms. The number of carbonyl (C=O) groups excluding carboxylic acids is 3. The minimum atomic E-state index is -0.411. The van der Waals surface area contributed by atoms with Gasteiger partial charge in [0.25, 0.3) is 5.91 Å². The molecule has 0 radical (unpaired) electrons. The van der Waals surface area contributed by atoms with Crippen LogP contribution in [0.5, 0.6) is 0 Å². The first kappa shape index (κ1) is 23.7. The van der Waals surface area contributed by atoms with Gasteiger partial charge in [0.1, 0.15) is 0 Å². The predicted octanol–water partition coefficient (Wildman–Crippen LogP) is 4.82. The summed E-state index contributed by atoms with van der Waals surface area (Å²) in [4.78, 5) is 42.4. The molecule has 6 nitrogen and oxygen atoms in total. The molecule has 0 fully saturated rings. The SMILES string of the molecule is COC(=O)c1ccc2c(c1)sc(=NC(=O)c1ccc(C(=O)c3ccccc3)cc1)n2CCSC. The van der Waals surface area contributed by atoms with Crippen LogP contribution >= 0.6 is 23.1 Å². The molecule has 3 aromatic carbocycles. The Kier molecular flexibility index (Phi) is 7.40. The minimum absolute atomic E-state index is 0.0997. The molecule has 8 heteroatoms. The molecule has 0 aliphatic carbocycles. The van der Waals surface area contributed by atoms with Crippen LogP contribution < -0.4 is 4.80 Å². The monoisotopic (exact) mass is 490 g/mol. The molecule has 0 saturated carbocycles. The van der Waals surface area contributed by atoms with Gasteiger partial charge < -0.3 is 9.30 Å². The third kappa shape index (κ3) is 5.03. The number of aryl methyl sites for hydroxylation is 1. The van der Waals surface area contributed by atoms with Crippen molar-refractivity contribution in [3.63, 3.8) is 0 Å². The largest absolute Gasteiger partial charge is 0.465 e. The van der Waals surface area contributed by atoms with E-state index in [1.165, 1.54) is 18.4 Å². The average Bonchev–Trinajstić information content (AvgIpc) is 3.22. The van der Waals surface area contributed by atoms with Gasteiger partial charge in [-0.3, -0.25) is 9.59 Å². The van der Waals surface area contributed by atoms with Crippen LogP contribution in [0.25, 0.3) is 10.2 Å². The molecule has 0 aliphatic rings. The zero-order chi connectivity index (χ0) is 24.1. The number of hydrogen-bond acceptors (Lipinski definition) is 6. The van der Waals surface area contributed by atoms with E-state index in [0.717, 1.165) is 16.0 Å². The van der Waals surface area contributed by atoms with Crippen LogP contribution in [0.2, 0.25) is 0 Å². The third-order valence-corrected chi connectivity index (χ3v) is 6.88. The van der Waals surface area contributed by atoms with Gasteiger partial charge in [-0.25, -0.2) is 4.79 Å². The van der Waals surface area contributed by atoms with Gasteiger partial charge in [0.05, 0.1) is 22.9 Å². The number of amides is 1. The summed E-state index contributed by atoms with van der Waals surface area (Å²) in [5.74, 6) is -0.0539. The van der Waals surface area contributed by atoms with Crippen molar-refractivity contribution < 1.29 is 19.1 Å². The highest BCUT2D eigenvalue weighted by atomic mass is 32.2. The number of ether oxygens (including phenoxy) is 1. The number of hydrogen-bond donors (Lipinski definition) is 0. The summed E-state index contributed by atoms with van der Waals surface area (Å²) in [6, 6.07) is 20.9. The molecule has 34 heavy (non-hydrogen) atoms. The Morgan fingerprint density at radius 3 is 2.24 bits per heavy atom. The smallest absolute Gasteiger partial charge is 0.337 e. The summed E-state index contributed by atoms with van der Waals surface area (Å²) in [5.41, 5.74) is 2.85. The Hall–Kier alpha value is -3.49. The van der Waals surface area contributed by atoms with Gasteiger partial charge in [-0.15, -0.1) is 0 Å². The second-order valence-corrected chi connectivity index (χ2v) is 9.39. The second-order valence-electron chi connectivity index (χ2n) is 7.39. The number of carbonyl (C=O) groups is 3. The van der Waals surface area contributed by atoms with Gasteiger partial charge in [0, 0.05) is 29.0 Å². The molecule has 0 aliphatic heterocycles. The Morgan fingerprint density at radius 2 is 1.56 bits per heavy atom. The van der Waals surface area contributed by atoms with Crippen LogP contribution in [0, 0.1) is 0 Å². The van der Waals surface area contributed by atoms with Gasteiger partial charge in [0.2, 0.25) is 0 Å². The molecule has 4 rings (SSSR count). The Labute approximate surface area is 204 Å². The molecular formula is C26H22N2O4S2. The number of nitrogens with zero attached hydrogens (tertiary/aromatic N) is 2. The standard InChI is InChI=1S/C26H22N2O4S2/c1-32-25(31)20-12-13-21-22(16-20)34-26(28(21)14-15-33-2)27-24(30)19-10-8-18(9-11-19)23(29)17-6-4-3-5-7-17/h3-13,16H,14-15H2,1-2H3. The maximum Gasteiger partial charge on any atom is 0.337 e. The first-order valence-electron chi connectivity index (χ1n) is 10.5. The molecule has 0 N–H and O–H groups in total. The van der Waals surface area contributed by atoms with Crippen LogP contribution in [0.1, 0.15) is 36.6 Å². The molecular weight excluding hydrogens is 468 g/mol. The van der Waals surface area contributed by atoms with E-state index >= 15 is 0 Å². The lowest BCUT2D eigenvalue weighted by Gasteiger charge is -2.05. The molecule has 0 saturated heterocycles. The fraction of sp³-hybridized carbons (Fsp3) is 0.154. The molecule has 0 unspecified atom stereocenters. The quantitative estimate of drug-likeness (QED) is 0.274. The topological polar surface area (TPSA) is 77.7 Å². The van der Waals surface area contributed by atoms with E-state index in [4.69, 9.17) is 4.74 Å². The average molecular weight is 491 g/mol. The van der Waals surface area contributed by atoms with Crippen LogP contribution in [-0.4, -0.2) is 41.3 Å². The van der Waals surface area contributed by atoms with Crippen molar-refractivity contribution in [3.05, 3.63) is 99.9 Å². The molecule has 1 aromatic heterocycles. The lowest BCUT2D eigenvalue weighted by molar-refractivity contribution is 0.0600. The van der Waals surface area contributed by atoms with Crippen LogP contribution in [0.3, 0.4) is 0 Å². The summed E-state index contributed by atoms with van der Waals surface area (Å²) in [6.07, 6.45) is 2.02. The highest BCUT2D eigenvalue weighted by Crippen LogP contribution is 2.21. The van der Waals surface area contributed by atoms with Crippen LogP contribution in [0.4, 0.5) is 0 Å². The first-order chi connectivity index (χ1) is 16.5. The lowest BCUT2D eigenvalue weighted by Crippen LogP contribution is -2.18. The molecule has 0 atom stereocenters. The predicted molar refractivity (Wildman–Crippen MR) is 136 cm³/mol. The molecule has 0 bridgehead atoms. The molecule has 1 heterocycles. The first-order valence-corrected chi connectivity index (χ1v) is 12.7. The Morgan fingerprint density at radius 1 is 0.912 bits per heavy atom. The van der Waals surface area contributed by atoms with Gasteiger partial charge in [-0.05, 0) is 36.6 Å². The number of rotatable bonds is 7. The number of esters is 1. The van der Waals surface area contributed by atoms with Gasteiger partial charge >= 0.3 is 5.97 Å². The van der Waals surface area contributed by atoms with Crippen LogP contribution in [0.15, 0.2) is 77.8 Å². The Bertz CT molecular complexity index is 1420. The summed E-state index contributed by atoms with van der Waals surface area (Å²) in [7, 11) is 1.34. The number of thiazole rings is 1. The summed E-state index contributed by atoms with van der Waals surface area (Å²) in [5, 5.41) is 0. The number of methoxy groups -OCH3 is 1. The summed E-state index contributed by atoms with van der Waals surface area (Å²) >= 11 is 3.05. The molecule has 4 aromatic rings. The third-order valence-electron chi connectivity index (χ3n) is 5.25. The summed E-state index contributed by atoms with van der Waals surface area (Å²) < 4.78 is 7.65. The number of thioether (sulfide) groups is 1. The van der Waals surface area contributed by atoms with Gasteiger partial charge in [0.15, 0.2) is 10.6 Å². The van der Waals surface area contributed by atoms with Crippen molar-refractivity contribution in [3.8, 4) is 0 Å². The van der Waals surface area contributed by atoms with E-state index in [-0.39, 0.29) is 5.78 Å². The maximum atomic E-state index is 13.0. The van der Waals surface area contributed by atoms with E-state index in [1.54, 1.807) is 60.3 Å². The van der Waals surface area contributed by atoms with E-state index in [0.29, 0.717) is 33.6 Å². The molecule has 172 valence electrons. The summed E-state index contributed by atoms with van der Waals surface area (Å²) in [6.45, 7) is 0.676. The van der Waals surface area contributed by atoms with E-state index in [1.807, 2.05) is 35.1 Å². The fourth-order valence-electron chi connectivity index (χ4n) is 3.47. The maximum absolute atomic E-state index is 13.0. The zero-order valence-corrected chi connectivity index (χ0v) is 20.3.